The van der Waals surface area contributed by atoms with Gasteiger partial charge in [0.15, 0.2) is 0 Å². The number of rotatable bonds is 4. The number of nitrogens with zero attached hydrogens (tertiary/aromatic N) is 2. The highest BCUT2D eigenvalue weighted by Gasteiger charge is 2.27. The average Bonchev–Trinajstić information content (AvgIpc) is 2.57. The minimum atomic E-state index is -0.427. The third-order valence-corrected chi connectivity index (χ3v) is 4.73. The van der Waals surface area contributed by atoms with Crippen LogP contribution in [-0.2, 0) is 4.79 Å². The summed E-state index contributed by atoms with van der Waals surface area (Å²) in [6.07, 6.45) is 0. The zero-order chi connectivity index (χ0) is 17.7. The first-order chi connectivity index (χ1) is 11.4. The lowest BCUT2D eigenvalue weighted by atomic mass is 10.1. The molecule has 24 heavy (non-hydrogen) atoms. The fourth-order valence-electron chi connectivity index (χ4n) is 3.02. The van der Waals surface area contributed by atoms with Crippen LogP contribution in [0.5, 0.6) is 0 Å². The highest BCUT2D eigenvalue weighted by Crippen LogP contribution is 2.24. The lowest BCUT2D eigenvalue weighted by molar-refractivity contribution is -0.124. The summed E-state index contributed by atoms with van der Waals surface area (Å²) in [6, 6.07) is 5.63. The fraction of sp³-hybridized carbons (Fsp3) is 0.556. The molecule has 0 bridgehead atoms. The van der Waals surface area contributed by atoms with Crippen molar-refractivity contribution in [2.24, 2.45) is 0 Å². The molecular formula is C18H28N4O2. The summed E-state index contributed by atoms with van der Waals surface area (Å²) in [6.45, 7) is 11.8. The molecule has 1 unspecified atom stereocenters. The second-order valence-corrected chi connectivity index (χ2v) is 6.27. The number of piperazine rings is 1. The van der Waals surface area contributed by atoms with Gasteiger partial charge >= 0.3 is 6.03 Å². The van der Waals surface area contributed by atoms with E-state index in [1.165, 1.54) is 16.8 Å². The maximum Gasteiger partial charge on any atom is 0.321 e. The number of nitrogens with one attached hydrogen (secondary N) is 2. The van der Waals surface area contributed by atoms with E-state index in [1.54, 1.807) is 0 Å². The molecule has 1 aromatic rings. The summed E-state index contributed by atoms with van der Waals surface area (Å²) in [7, 11) is 0. The number of amides is 3. The van der Waals surface area contributed by atoms with Crippen molar-refractivity contribution in [3.63, 3.8) is 0 Å². The van der Waals surface area contributed by atoms with Gasteiger partial charge in [-0.1, -0.05) is 12.1 Å². The highest BCUT2D eigenvalue weighted by atomic mass is 16.2. The standard InChI is InChI=1S/C18H28N4O2/c1-5-19-18(24)20-17(23)15(4)21-9-11-22(12-10-21)16-8-6-7-13(2)14(16)3/h6-8,15H,5,9-12H2,1-4H3,(H2,19,20,23,24). The summed E-state index contributed by atoms with van der Waals surface area (Å²) < 4.78 is 0. The Labute approximate surface area is 144 Å². The first-order valence-electron chi connectivity index (χ1n) is 8.58. The number of carbonyl (C=O) groups excluding carboxylic acids is 2. The van der Waals surface area contributed by atoms with Crippen LogP contribution >= 0.6 is 0 Å². The smallest absolute Gasteiger partial charge is 0.321 e. The Hall–Kier alpha value is -2.08. The summed E-state index contributed by atoms with van der Waals surface area (Å²) in [5.74, 6) is -0.249. The Morgan fingerprint density at radius 2 is 1.83 bits per heavy atom. The molecule has 1 heterocycles. The summed E-state index contributed by atoms with van der Waals surface area (Å²) >= 11 is 0. The summed E-state index contributed by atoms with van der Waals surface area (Å²) in [4.78, 5) is 28.1. The Morgan fingerprint density at radius 1 is 1.17 bits per heavy atom. The number of hydrogen-bond acceptors (Lipinski definition) is 4. The third-order valence-electron chi connectivity index (χ3n) is 4.73. The monoisotopic (exact) mass is 332 g/mol. The van der Waals surface area contributed by atoms with Gasteiger partial charge in [0, 0.05) is 38.4 Å². The second-order valence-electron chi connectivity index (χ2n) is 6.27. The molecule has 6 nitrogen and oxygen atoms in total. The van der Waals surface area contributed by atoms with E-state index in [0.29, 0.717) is 6.54 Å². The number of urea groups is 1. The maximum absolute atomic E-state index is 12.2. The van der Waals surface area contributed by atoms with Crippen LogP contribution in [0, 0.1) is 13.8 Å². The van der Waals surface area contributed by atoms with Crippen molar-refractivity contribution in [2.75, 3.05) is 37.6 Å². The molecule has 132 valence electrons. The van der Waals surface area contributed by atoms with Crippen molar-refractivity contribution in [2.45, 2.75) is 33.7 Å². The molecule has 2 rings (SSSR count). The molecule has 1 saturated heterocycles. The van der Waals surface area contributed by atoms with Crippen LogP contribution < -0.4 is 15.5 Å². The van der Waals surface area contributed by atoms with E-state index >= 15 is 0 Å². The molecule has 2 N–H and O–H groups in total. The molecule has 0 aromatic heterocycles. The van der Waals surface area contributed by atoms with Gasteiger partial charge in [-0.2, -0.15) is 0 Å². The topological polar surface area (TPSA) is 64.7 Å². The Kier molecular flexibility index (Phi) is 6.20. The van der Waals surface area contributed by atoms with Gasteiger partial charge in [0.05, 0.1) is 6.04 Å². The van der Waals surface area contributed by atoms with Crippen LogP contribution in [0.2, 0.25) is 0 Å². The van der Waals surface area contributed by atoms with E-state index in [1.807, 2.05) is 13.8 Å². The van der Waals surface area contributed by atoms with Gasteiger partial charge < -0.3 is 10.2 Å². The number of imide groups is 1. The largest absolute Gasteiger partial charge is 0.369 e. The first-order valence-corrected chi connectivity index (χ1v) is 8.58. The molecule has 1 aromatic carbocycles. The fourth-order valence-corrected chi connectivity index (χ4v) is 3.02. The van der Waals surface area contributed by atoms with Crippen LogP contribution in [0.4, 0.5) is 10.5 Å². The molecule has 0 aliphatic carbocycles. The number of anilines is 1. The van der Waals surface area contributed by atoms with Gasteiger partial charge in [-0.05, 0) is 44.9 Å². The Morgan fingerprint density at radius 3 is 2.46 bits per heavy atom. The SMILES string of the molecule is CCNC(=O)NC(=O)C(C)N1CCN(c2cccc(C)c2C)CC1. The van der Waals surface area contributed by atoms with E-state index in [2.05, 4.69) is 52.5 Å². The van der Waals surface area contributed by atoms with Crippen LogP contribution in [0.15, 0.2) is 18.2 Å². The van der Waals surface area contributed by atoms with Gasteiger partial charge in [0.1, 0.15) is 0 Å². The first kappa shape index (κ1) is 18.3. The van der Waals surface area contributed by atoms with Crippen molar-refractivity contribution < 1.29 is 9.59 Å². The lowest BCUT2D eigenvalue weighted by Gasteiger charge is -2.39. The van der Waals surface area contributed by atoms with Crippen molar-refractivity contribution in [1.29, 1.82) is 0 Å². The summed E-state index contributed by atoms with van der Waals surface area (Å²) in [5, 5.41) is 4.97. The van der Waals surface area contributed by atoms with Crippen LogP contribution in [0.25, 0.3) is 0 Å². The maximum atomic E-state index is 12.2. The molecule has 1 aliphatic rings. The zero-order valence-corrected chi connectivity index (χ0v) is 15.1. The van der Waals surface area contributed by atoms with Gasteiger partial charge in [-0.15, -0.1) is 0 Å². The molecule has 1 aliphatic heterocycles. The normalized spacial score (nSPS) is 16.6. The quantitative estimate of drug-likeness (QED) is 0.880. The third kappa shape index (κ3) is 4.26. The zero-order valence-electron chi connectivity index (χ0n) is 15.1. The summed E-state index contributed by atoms with van der Waals surface area (Å²) in [5.41, 5.74) is 3.88. The molecule has 1 fully saturated rings. The van der Waals surface area contributed by atoms with Gasteiger partial charge in [-0.3, -0.25) is 15.0 Å². The van der Waals surface area contributed by atoms with Crippen molar-refractivity contribution >= 4 is 17.6 Å². The number of hydrogen-bond donors (Lipinski definition) is 2. The van der Waals surface area contributed by atoms with E-state index in [9.17, 15) is 9.59 Å². The molecule has 3 amide bonds. The Bertz CT molecular complexity index is 595. The van der Waals surface area contributed by atoms with E-state index < -0.39 is 6.03 Å². The van der Waals surface area contributed by atoms with Gasteiger partial charge in [0.25, 0.3) is 0 Å². The van der Waals surface area contributed by atoms with Gasteiger partial charge in [0.2, 0.25) is 5.91 Å². The van der Waals surface area contributed by atoms with Crippen LogP contribution in [-0.4, -0.2) is 55.6 Å². The number of aryl methyl sites for hydroxylation is 1. The van der Waals surface area contributed by atoms with E-state index in [-0.39, 0.29) is 11.9 Å². The van der Waals surface area contributed by atoms with Crippen molar-refractivity contribution in [1.82, 2.24) is 15.5 Å². The average molecular weight is 332 g/mol. The molecule has 0 saturated carbocycles. The van der Waals surface area contributed by atoms with E-state index in [4.69, 9.17) is 0 Å². The van der Waals surface area contributed by atoms with E-state index in [0.717, 1.165) is 26.2 Å². The van der Waals surface area contributed by atoms with Crippen LogP contribution in [0.3, 0.4) is 0 Å². The highest BCUT2D eigenvalue weighted by molar-refractivity contribution is 5.96. The Balaban J connectivity index is 1.91. The lowest BCUT2D eigenvalue weighted by Crippen LogP contribution is -2.55. The number of benzene rings is 1. The molecular weight excluding hydrogens is 304 g/mol. The predicted octanol–water partition coefficient (Wildman–Crippen LogP) is 1.66. The van der Waals surface area contributed by atoms with Crippen molar-refractivity contribution in [3.05, 3.63) is 29.3 Å². The number of carbonyl (C=O) groups is 2. The molecule has 6 heteroatoms. The minimum Gasteiger partial charge on any atom is -0.369 e. The van der Waals surface area contributed by atoms with Crippen molar-refractivity contribution in [3.8, 4) is 0 Å². The molecule has 1 atom stereocenters. The molecule has 0 radical (unpaired) electrons. The van der Waals surface area contributed by atoms with Gasteiger partial charge in [-0.25, -0.2) is 4.79 Å². The van der Waals surface area contributed by atoms with Crippen LogP contribution in [0.1, 0.15) is 25.0 Å². The predicted molar refractivity (Wildman–Crippen MR) is 96.4 cm³/mol. The minimum absolute atomic E-state index is 0.249. The molecule has 0 spiro atoms. The second kappa shape index (κ2) is 8.15.